The van der Waals surface area contributed by atoms with Crippen molar-refractivity contribution in [3.05, 3.63) is 118 Å². The lowest BCUT2D eigenvalue weighted by molar-refractivity contribution is 0.194. The van der Waals surface area contributed by atoms with Crippen LogP contribution >= 0.6 is 15.9 Å². The molecule has 1 aliphatic heterocycles. The Bertz CT molecular complexity index is 1250. The first-order chi connectivity index (χ1) is 15.1. The molecule has 1 aliphatic rings. The minimum absolute atomic E-state index is 0.125. The van der Waals surface area contributed by atoms with Gasteiger partial charge in [-0.25, -0.2) is 4.79 Å². The number of nitrogens with zero attached hydrogens (tertiary/aromatic N) is 2. The van der Waals surface area contributed by atoms with Crippen molar-refractivity contribution in [1.29, 1.82) is 0 Å². The molecule has 1 unspecified atom stereocenters. The van der Waals surface area contributed by atoms with Crippen LogP contribution in [0.5, 0.6) is 0 Å². The maximum Gasteiger partial charge on any atom is 0.322 e. The number of urea groups is 1. The van der Waals surface area contributed by atoms with E-state index in [1.54, 1.807) is 0 Å². The summed E-state index contributed by atoms with van der Waals surface area (Å²) in [6.07, 6.45) is 2.08. The summed E-state index contributed by atoms with van der Waals surface area (Å²) in [6.45, 7) is 2.62. The van der Waals surface area contributed by atoms with Crippen LogP contribution in [0, 0.1) is 6.92 Å². The Morgan fingerprint density at radius 2 is 1.68 bits per heavy atom. The monoisotopic (exact) mass is 471 g/mol. The van der Waals surface area contributed by atoms with Crippen molar-refractivity contribution < 1.29 is 4.79 Å². The van der Waals surface area contributed by atoms with Crippen LogP contribution < -0.4 is 5.32 Å². The van der Waals surface area contributed by atoms with Gasteiger partial charge < -0.3 is 14.8 Å². The van der Waals surface area contributed by atoms with Crippen molar-refractivity contribution in [3.8, 4) is 5.69 Å². The van der Waals surface area contributed by atoms with Crippen LogP contribution in [0.3, 0.4) is 0 Å². The summed E-state index contributed by atoms with van der Waals surface area (Å²) in [5.41, 5.74) is 6.35. The fourth-order valence-electron chi connectivity index (χ4n) is 4.29. The number of halogens is 1. The second kappa shape index (κ2) is 8.08. The zero-order valence-corrected chi connectivity index (χ0v) is 18.7. The number of fused-ring (bicyclic) bond motifs is 3. The molecule has 4 aromatic rings. The molecule has 3 aromatic carbocycles. The topological polar surface area (TPSA) is 37.3 Å². The molecule has 0 radical (unpaired) electrons. The number of aromatic nitrogens is 1. The number of benzene rings is 3. The highest BCUT2D eigenvalue weighted by Crippen LogP contribution is 2.38. The smallest absolute Gasteiger partial charge is 0.318 e. The molecular formula is C26H22BrN3O. The normalized spacial score (nSPS) is 15.0. The highest BCUT2D eigenvalue weighted by Gasteiger charge is 2.33. The molecule has 1 aromatic heterocycles. The number of hydrogen-bond acceptors (Lipinski definition) is 1. The first-order valence-corrected chi connectivity index (χ1v) is 11.1. The quantitative estimate of drug-likeness (QED) is 0.347. The van der Waals surface area contributed by atoms with Crippen LogP contribution in [0.2, 0.25) is 0 Å². The fourth-order valence-corrected chi connectivity index (χ4v) is 4.55. The summed E-state index contributed by atoms with van der Waals surface area (Å²) >= 11 is 3.45. The standard InChI is InChI=1S/C26H22BrN3O/c1-18-7-2-4-9-22(18)25-24-11-6-16-29(24)23-10-5-3-8-19(23)17-30(25)26(31)28-21-14-12-20(27)13-15-21/h2-16,25H,17H2,1H3,(H,28,31). The molecule has 2 amide bonds. The minimum Gasteiger partial charge on any atom is -0.318 e. The lowest BCUT2D eigenvalue weighted by atomic mass is 9.97. The number of aryl methyl sites for hydroxylation is 1. The van der Waals surface area contributed by atoms with Gasteiger partial charge in [0.1, 0.15) is 6.04 Å². The first kappa shape index (κ1) is 19.6. The summed E-state index contributed by atoms with van der Waals surface area (Å²) in [7, 11) is 0. The van der Waals surface area contributed by atoms with Crippen LogP contribution in [0.15, 0.2) is 95.6 Å². The second-order valence-corrected chi connectivity index (χ2v) is 8.67. The third kappa shape index (κ3) is 3.66. The summed E-state index contributed by atoms with van der Waals surface area (Å²) in [6, 6.07) is 28.1. The van der Waals surface area contributed by atoms with E-state index in [0.717, 1.165) is 38.2 Å². The molecule has 0 fully saturated rings. The van der Waals surface area contributed by atoms with Gasteiger partial charge in [0.15, 0.2) is 0 Å². The predicted molar refractivity (Wildman–Crippen MR) is 127 cm³/mol. The molecule has 4 nitrogen and oxygen atoms in total. The largest absolute Gasteiger partial charge is 0.322 e. The number of anilines is 1. The number of amides is 2. The number of nitrogens with one attached hydrogen (secondary N) is 1. The van der Waals surface area contributed by atoms with Gasteiger partial charge in [-0.3, -0.25) is 0 Å². The molecule has 0 spiro atoms. The molecule has 1 N–H and O–H groups in total. The summed E-state index contributed by atoms with van der Waals surface area (Å²) in [4.78, 5) is 15.6. The Morgan fingerprint density at radius 3 is 2.48 bits per heavy atom. The van der Waals surface area contributed by atoms with E-state index in [1.165, 1.54) is 0 Å². The number of carbonyl (C=O) groups is 1. The van der Waals surface area contributed by atoms with Crippen molar-refractivity contribution in [1.82, 2.24) is 9.47 Å². The summed E-state index contributed by atoms with van der Waals surface area (Å²) < 4.78 is 3.18. The number of hydrogen-bond donors (Lipinski definition) is 1. The molecule has 0 saturated carbocycles. The van der Waals surface area contributed by atoms with Crippen molar-refractivity contribution in [2.75, 3.05) is 5.32 Å². The van der Waals surface area contributed by atoms with E-state index in [2.05, 4.69) is 69.3 Å². The maximum absolute atomic E-state index is 13.6. The summed E-state index contributed by atoms with van der Waals surface area (Å²) in [5.74, 6) is 0. The van der Waals surface area contributed by atoms with Crippen molar-refractivity contribution in [2.24, 2.45) is 0 Å². The van der Waals surface area contributed by atoms with Crippen LogP contribution in [0.25, 0.3) is 5.69 Å². The van der Waals surface area contributed by atoms with Gasteiger partial charge in [0.25, 0.3) is 0 Å². The Morgan fingerprint density at radius 1 is 0.935 bits per heavy atom. The van der Waals surface area contributed by atoms with E-state index in [9.17, 15) is 4.79 Å². The van der Waals surface area contributed by atoms with Gasteiger partial charge in [-0.2, -0.15) is 0 Å². The van der Waals surface area contributed by atoms with Crippen molar-refractivity contribution in [2.45, 2.75) is 19.5 Å². The highest BCUT2D eigenvalue weighted by atomic mass is 79.9. The zero-order chi connectivity index (χ0) is 21.4. The predicted octanol–water partition coefficient (Wildman–Crippen LogP) is 6.69. The number of para-hydroxylation sites is 1. The third-order valence-corrected chi connectivity index (χ3v) is 6.33. The second-order valence-electron chi connectivity index (χ2n) is 7.76. The van der Waals surface area contributed by atoms with Gasteiger partial charge in [0.2, 0.25) is 0 Å². The van der Waals surface area contributed by atoms with Crippen molar-refractivity contribution in [3.63, 3.8) is 0 Å². The van der Waals surface area contributed by atoms with Crippen LogP contribution in [-0.2, 0) is 6.54 Å². The van der Waals surface area contributed by atoms with E-state index < -0.39 is 0 Å². The minimum atomic E-state index is -0.209. The van der Waals surface area contributed by atoms with Crippen LogP contribution in [0.1, 0.15) is 28.4 Å². The summed E-state index contributed by atoms with van der Waals surface area (Å²) in [5, 5.41) is 3.10. The average Bonchev–Trinajstić information content (AvgIpc) is 3.21. The molecule has 31 heavy (non-hydrogen) atoms. The maximum atomic E-state index is 13.6. The molecule has 0 saturated heterocycles. The molecule has 0 aliphatic carbocycles. The van der Waals surface area contributed by atoms with Crippen LogP contribution in [0.4, 0.5) is 10.5 Å². The van der Waals surface area contributed by atoms with E-state index in [1.807, 2.05) is 59.5 Å². The Balaban J connectivity index is 1.64. The highest BCUT2D eigenvalue weighted by molar-refractivity contribution is 9.10. The van der Waals surface area contributed by atoms with Gasteiger partial charge in [-0.1, -0.05) is 58.4 Å². The van der Waals surface area contributed by atoms with Gasteiger partial charge in [-0.05, 0) is 66.1 Å². The Hall–Kier alpha value is -3.31. The number of carbonyl (C=O) groups excluding carboxylic acids is 1. The van der Waals surface area contributed by atoms with Crippen molar-refractivity contribution >= 4 is 27.6 Å². The SMILES string of the molecule is Cc1ccccc1C1c2cccn2-c2ccccc2CN1C(=O)Nc1ccc(Br)cc1. The molecule has 2 heterocycles. The Labute approximate surface area is 190 Å². The molecule has 5 rings (SSSR count). The molecular weight excluding hydrogens is 450 g/mol. The van der Waals surface area contributed by atoms with E-state index in [4.69, 9.17) is 0 Å². The van der Waals surface area contributed by atoms with E-state index in [0.29, 0.717) is 6.54 Å². The zero-order valence-electron chi connectivity index (χ0n) is 17.1. The van der Waals surface area contributed by atoms with Gasteiger partial charge in [0.05, 0.1) is 12.2 Å². The molecule has 0 bridgehead atoms. The van der Waals surface area contributed by atoms with Crippen LogP contribution in [-0.4, -0.2) is 15.5 Å². The number of rotatable bonds is 2. The lowest BCUT2D eigenvalue weighted by Gasteiger charge is -2.32. The third-order valence-electron chi connectivity index (χ3n) is 5.80. The van der Waals surface area contributed by atoms with Gasteiger partial charge >= 0.3 is 6.03 Å². The average molecular weight is 472 g/mol. The van der Waals surface area contributed by atoms with E-state index >= 15 is 0 Å². The molecule has 1 atom stereocenters. The molecule has 5 heteroatoms. The molecule has 154 valence electrons. The Kier molecular flexibility index (Phi) is 5.12. The van der Waals surface area contributed by atoms with E-state index in [-0.39, 0.29) is 12.1 Å². The lowest BCUT2D eigenvalue weighted by Crippen LogP contribution is -2.38. The fraction of sp³-hybridized carbons (Fsp3) is 0.115. The van der Waals surface area contributed by atoms with Gasteiger partial charge in [-0.15, -0.1) is 0 Å². The van der Waals surface area contributed by atoms with Gasteiger partial charge in [0, 0.05) is 22.1 Å². The first-order valence-electron chi connectivity index (χ1n) is 10.3.